The van der Waals surface area contributed by atoms with Gasteiger partial charge in [-0.1, -0.05) is 39.8 Å². The predicted molar refractivity (Wildman–Crippen MR) is 84.0 cm³/mol. The number of nitrogens with two attached hydrogens (primary N) is 1. The second kappa shape index (κ2) is 5.26. The third-order valence-electron chi connectivity index (χ3n) is 4.18. The van der Waals surface area contributed by atoms with Crippen molar-refractivity contribution in [2.75, 3.05) is 11.4 Å². The maximum Gasteiger partial charge on any atom is 0.234 e. The van der Waals surface area contributed by atoms with Crippen molar-refractivity contribution in [1.29, 1.82) is 0 Å². The molecule has 114 valence electrons. The molecule has 0 aliphatic carbocycles. The summed E-state index contributed by atoms with van der Waals surface area (Å²) < 4.78 is 0. The fourth-order valence-corrected chi connectivity index (χ4v) is 2.65. The molecule has 4 nitrogen and oxygen atoms in total. The molecule has 1 heterocycles. The first-order valence-electron chi connectivity index (χ1n) is 7.33. The molecule has 21 heavy (non-hydrogen) atoms. The van der Waals surface area contributed by atoms with E-state index >= 15 is 0 Å². The Balaban J connectivity index is 2.27. The van der Waals surface area contributed by atoms with Gasteiger partial charge in [-0.15, -0.1) is 0 Å². The smallest absolute Gasteiger partial charge is 0.234 e. The number of amides is 2. The normalized spacial score (nSPS) is 19.0. The van der Waals surface area contributed by atoms with Gasteiger partial charge < -0.3 is 5.73 Å². The van der Waals surface area contributed by atoms with Crippen LogP contribution in [0.15, 0.2) is 24.3 Å². The Labute approximate surface area is 126 Å². The molecule has 0 aromatic heterocycles. The third kappa shape index (κ3) is 3.16. The zero-order valence-corrected chi connectivity index (χ0v) is 13.3. The Kier molecular flexibility index (Phi) is 3.93. The lowest BCUT2D eigenvalue weighted by molar-refractivity contribution is -0.132. The van der Waals surface area contributed by atoms with Crippen molar-refractivity contribution in [2.24, 2.45) is 11.1 Å². The van der Waals surface area contributed by atoms with Crippen LogP contribution in [-0.2, 0) is 15.0 Å². The van der Waals surface area contributed by atoms with E-state index in [1.807, 2.05) is 38.1 Å². The number of hydrogen-bond donors (Lipinski definition) is 1. The van der Waals surface area contributed by atoms with Crippen molar-refractivity contribution < 1.29 is 9.59 Å². The van der Waals surface area contributed by atoms with Gasteiger partial charge in [0.1, 0.15) is 0 Å². The van der Waals surface area contributed by atoms with Crippen LogP contribution < -0.4 is 10.6 Å². The van der Waals surface area contributed by atoms with Gasteiger partial charge in [0.2, 0.25) is 11.8 Å². The molecule has 0 bridgehead atoms. The van der Waals surface area contributed by atoms with Crippen molar-refractivity contribution in [1.82, 2.24) is 0 Å². The van der Waals surface area contributed by atoms with E-state index in [9.17, 15) is 9.59 Å². The molecule has 1 saturated heterocycles. The Morgan fingerprint density at radius 2 is 1.57 bits per heavy atom. The van der Waals surface area contributed by atoms with E-state index in [1.165, 1.54) is 4.90 Å². The van der Waals surface area contributed by atoms with Crippen LogP contribution >= 0.6 is 0 Å². The highest BCUT2D eigenvalue weighted by molar-refractivity contribution is 6.16. The fourth-order valence-electron chi connectivity index (χ4n) is 2.65. The van der Waals surface area contributed by atoms with Gasteiger partial charge in [-0.2, -0.15) is 0 Å². The fraction of sp³-hybridized carbons (Fsp3) is 0.529. The molecule has 2 amide bonds. The van der Waals surface area contributed by atoms with Crippen LogP contribution in [0.4, 0.5) is 5.69 Å². The molecule has 1 fully saturated rings. The highest BCUT2D eigenvalue weighted by atomic mass is 16.2. The highest BCUT2D eigenvalue weighted by Gasteiger charge is 2.38. The topological polar surface area (TPSA) is 63.4 Å². The summed E-state index contributed by atoms with van der Waals surface area (Å²) >= 11 is 0. The number of carbonyl (C=O) groups excluding carboxylic acids is 2. The molecule has 1 aliphatic rings. The number of carbonyl (C=O) groups is 2. The molecule has 2 N–H and O–H groups in total. The van der Waals surface area contributed by atoms with Crippen molar-refractivity contribution in [3.05, 3.63) is 29.8 Å². The number of rotatable bonds is 3. The van der Waals surface area contributed by atoms with Crippen LogP contribution in [0.25, 0.3) is 0 Å². The van der Waals surface area contributed by atoms with Crippen LogP contribution in [0.1, 0.15) is 46.1 Å². The maximum atomic E-state index is 12.2. The number of imide groups is 1. The number of piperidine rings is 1. The second-order valence-electron chi connectivity index (χ2n) is 7.28. The minimum atomic E-state index is -0.244. The minimum absolute atomic E-state index is 0.115. The Bertz CT molecular complexity index is 539. The second-order valence-corrected chi connectivity index (χ2v) is 7.28. The monoisotopic (exact) mass is 288 g/mol. The van der Waals surface area contributed by atoms with Gasteiger partial charge >= 0.3 is 0 Å². The van der Waals surface area contributed by atoms with E-state index in [1.54, 1.807) is 0 Å². The predicted octanol–water partition coefficient (Wildman–Crippen LogP) is 2.60. The Morgan fingerprint density at radius 3 is 2.00 bits per heavy atom. The van der Waals surface area contributed by atoms with Gasteiger partial charge in [0, 0.05) is 24.8 Å². The van der Waals surface area contributed by atoms with Crippen LogP contribution in [0.2, 0.25) is 0 Å². The molecular formula is C17H24N2O2. The molecule has 0 unspecified atom stereocenters. The van der Waals surface area contributed by atoms with Crippen molar-refractivity contribution in [3.63, 3.8) is 0 Å². The van der Waals surface area contributed by atoms with E-state index in [0.29, 0.717) is 25.1 Å². The van der Waals surface area contributed by atoms with Crippen LogP contribution in [0.3, 0.4) is 0 Å². The molecule has 0 radical (unpaired) electrons. The average Bonchev–Trinajstić information content (AvgIpc) is 2.37. The SMILES string of the molecule is CC1(C)CC(=O)N(c2ccc(C(C)(C)CN)cc2)C(=O)C1. The average molecular weight is 288 g/mol. The molecule has 0 spiro atoms. The maximum absolute atomic E-state index is 12.2. The van der Waals surface area contributed by atoms with Gasteiger partial charge in [0.05, 0.1) is 5.69 Å². The van der Waals surface area contributed by atoms with Crippen LogP contribution in [-0.4, -0.2) is 18.4 Å². The summed E-state index contributed by atoms with van der Waals surface area (Å²) in [5.74, 6) is -0.246. The molecule has 1 aromatic carbocycles. The zero-order valence-electron chi connectivity index (χ0n) is 13.3. The molecule has 4 heteroatoms. The molecule has 0 saturated carbocycles. The van der Waals surface area contributed by atoms with Gasteiger partial charge in [0.15, 0.2) is 0 Å². The first-order chi connectivity index (χ1) is 9.66. The summed E-state index contributed by atoms with van der Waals surface area (Å²) in [6, 6.07) is 7.56. The molecule has 0 atom stereocenters. The summed E-state index contributed by atoms with van der Waals surface area (Å²) in [6.07, 6.45) is 0.795. The summed E-state index contributed by atoms with van der Waals surface area (Å²) in [6.45, 7) is 8.59. The van der Waals surface area contributed by atoms with Crippen molar-refractivity contribution in [3.8, 4) is 0 Å². The largest absolute Gasteiger partial charge is 0.330 e. The van der Waals surface area contributed by atoms with E-state index in [0.717, 1.165) is 5.56 Å². The first-order valence-corrected chi connectivity index (χ1v) is 7.33. The zero-order chi connectivity index (χ0) is 15.8. The Hall–Kier alpha value is -1.68. The first kappa shape index (κ1) is 15.7. The van der Waals surface area contributed by atoms with Crippen LogP contribution in [0, 0.1) is 5.41 Å². The minimum Gasteiger partial charge on any atom is -0.330 e. The Morgan fingerprint density at radius 1 is 1.10 bits per heavy atom. The number of anilines is 1. The lowest BCUT2D eigenvalue weighted by atomic mass is 9.81. The van der Waals surface area contributed by atoms with Gasteiger partial charge in [-0.05, 0) is 23.1 Å². The number of benzene rings is 1. The van der Waals surface area contributed by atoms with Gasteiger partial charge in [-0.25, -0.2) is 0 Å². The summed E-state index contributed by atoms with van der Waals surface area (Å²) in [5.41, 5.74) is 7.17. The van der Waals surface area contributed by atoms with E-state index in [2.05, 4.69) is 13.8 Å². The van der Waals surface area contributed by atoms with Crippen molar-refractivity contribution >= 4 is 17.5 Å². The third-order valence-corrected chi connectivity index (χ3v) is 4.18. The summed E-state index contributed by atoms with van der Waals surface area (Å²) in [7, 11) is 0. The molecule has 2 rings (SSSR count). The standard InChI is InChI=1S/C17H24N2O2/c1-16(2)9-14(20)19(15(21)10-16)13-7-5-12(6-8-13)17(3,4)11-18/h5-8H,9-11,18H2,1-4H3. The molecule has 1 aliphatic heterocycles. The summed E-state index contributed by atoms with van der Waals surface area (Å²) in [4.78, 5) is 25.8. The number of hydrogen-bond acceptors (Lipinski definition) is 3. The lowest BCUT2D eigenvalue weighted by Gasteiger charge is -2.35. The van der Waals surface area contributed by atoms with Gasteiger partial charge in [0.25, 0.3) is 0 Å². The molecular weight excluding hydrogens is 264 g/mol. The highest BCUT2D eigenvalue weighted by Crippen LogP contribution is 2.34. The van der Waals surface area contributed by atoms with E-state index < -0.39 is 0 Å². The summed E-state index contributed by atoms with van der Waals surface area (Å²) in [5, 5.41) is 0. The number of nitrogens with zero attached hydrogens (tertiary/aromatic N) is 1. The van der Waals surface area contributed by atoms with Crippen molar-refractivity contribution in [2.45, 2.75) is 46.0 Å². The van der Waals surface area contributed by atoms with Crippen LogP contribution in [0.5, 0.6) is 0 Å². The molecule has 1 aromatic rings. The van der Waals surface area contributed by atoms with Gasteiger partial charge in [-0.3, -0.25) is 14.5 Å². The van der Waals surface area contributed by atoms with E-state index in [4.69, 9.17) is 5.73 Å². The quantitative estimate of drug-likeness (QED) is 0.870. The van der Waals surface area contributed by atoms with E-state index in [-0.39, 0.29) is 22.6 Å². The lowest BCUT2D eigenvalue weighted by Crippen LogP contribution is -2.46.